The third-order valence-electron chi connectivity index (χ3n) is 1.08. The maximum absolute atomic E-state index is 10.6. The van der Waals surface area contributed by atoms with Crippen molar-refractivity contribution in [3.05, 3.63) is 36.5 Å². The molecule has 0 unspecified atom stereocenters. The Labute approximate surface area is 78.6 Å². The van der Waals surface area contributed by atoms with E-state index in [1.807, 2.05) is 6.92 Å². The van der Waals surface area contributed by atoms with Crippen molar-refractivity contribution in [2.75, 3.05) is 7.11 Å². The van der Waals surface area contributed by atoms with Crippen molar-refractivity contribution < 1.29 is 9.53 Å². The van der Waals surface area contributed by atoms with Crippen LogP contribution in [0.25, 0.3) is 0 Å². The molecule has 0 aliphatic rings. The van der Waals surface area contributed by atoms with Crippen molar-refractivity contribution in [3.63, 3.8) is 0 Å². The third kappa shape index (κ3) is 6.64. The number of hydrogen-bond acceptors (Lipinski definition) is 2. The van der Waals surface area contributed by atoms with E-state index in [1.165, 1.54) is 7.11 Å². The molecule has 0 aromatic heterocycles. The molecule has 0 rings (SSSR count). The number of ether oxygens (including phenoxy) is 1. The van der Waals surface area contributed by atoms with E-state index in [9.17, 15) is 4.79 Å². The Bertz CT molecular complexity index is 311. The number of rotatable bonds is 2. The van der Waals surface area contributed by atoms with Gasteiger partial charge in [0.1, 0.15) is 0 Å². The summed E-state index contributed by atoms with van der Waals surface area (Å²) >= 11 is 0. The maximum atomic E-state index is 10.6. The first-order chi connectivity index (χ1) is 6.06. The summed E-state index contributed by atoms with van der Waals surface area (Å²) in [5.74, 6) is 4.24. The lowest BCUT2D eigenvalue weighted by atomic mass is 10.2. The second-order valence-electron chi connectivity index (χ2n) is 2.45. The van der Waals surface area contributed by atoms with Gasteiger partial charge < -0.3 is 4.74 Å². The Morgan fingerprint density at radius 3 is 2.38 bits per heavy atom. The van der Waals surface area contributed by atoms with E-state index in [0.29, 0.717) is 5.57 Å². The van der Waals surface area contributed by atoms with Gasteiger partial charge >= 0.3 is 5.97 Å². The Kier molecular flexibility index (Phi) is 5.06. The zero-order valence-electron chi connectivity index (χ0n) is 7.89. The first-order valence-corrected chi connectivity index (χ1v) is 3.68. The van der Waals surface area contributed by atoms with Crippen molar-refractivity contribution in [2.45, 2.75) is 6.92 Å². The van der Waals surface area contributed by atoms with Crippen molar-refractivity contribution >= 4 is 5.97 Å². The van der Waals surface area contributed by atoms with Crippen LogP contribution < -0.4 is 0 Å². The lowest BCUT2D eigenvalue weighted by Crippen LogP contribution is -1.94. The summed E-state index contributed by atoms with van der Waals surface area (Å²) < 4.78 is 4.33. The van der Waals surface area contributed by atoms with Gasteiger partial charge in [0, 0.05) is 11.5 Å². The fraction of sp³-hybridized carbons (Fsp3) is 0.182. The van der Waals surface area contributed by atoms with Crippen molar-refractivity contribution in [2.24, 2.45) is 0 Å². The van der Waals surface area contributed by atoms with Crippen LogP contribution in [0, 0.1) is 11.8 Å². The highest BCUT2D eigenvalue weighted by Crippen LogP contribution is 1.95. The van der Waals surface area contributed by atoms with Gasteiger partial charge in [0.05, 0.1) is 7.11 Å². The second-order valence-corrected chi connectivity index (χ2v) is 2.45. The molecule has 13 heavy (non-hydrogen) atoms. The van der Waals surface area contributed by atoms with Gasteiger partial charge in [-0.25, -0.2) is 4.79 Å². The molecule has 0 bridgehead atoms. The van der Waals surface area contributed by atoms with E-state index in [1.54, 1.807) is 12.2 Å². The van der Waals surface area contributed by atoms with E-state index >= 15 is 0 Å². The van der Waals surface area contributed by atoms with Crippen LogP contribution in [-0.4, -0.2) is 13.1 Å². The minimum Gasteiger partial charge on any atom is -0.459 e. The Balaban J connectivity index is 4.21. The summed E-state index contributed by atoms with van der Waals surface area (Å²) in [7, 11) is 1.28. The Hall–Kier alpha value is -1.75. The lowest BCUT2D eigenvalue weighted by molar-refractivity contribution is -0.133. The standard InChI is InChI=1S/C11H12O2/c1-9(2)5-6-10(3)7-8-11(12)13-4/h5-6H,1,3H2,2,4H3/b6-5-. The molecule has 0 fully saturated rings. The van der Waals surface area contributed by atoms with Crippen molar-refractivity contribution in [1.82, 2.24) is 0 Å². The molecule has 0 aliphatic carbocycles. The smallest absolute Gasteiger partial charge is 0.384 e. The summed E-state index contributed by atoms with van der Waals surface area (Å²) in [4.78, 5) is 10.6. The molecule has 0 heterocycles. The van der Waals surface area contributed by atoms with E-state index < -0.39 is 5.97 Å². The predicted molar refractivity (Wildman–Crippen MR) is 52.9 cm³/mol. The quantitative estimate of drug-likeness (QED) is 0.278. The zero-order valence-corrected chi connectivity index (χ0v) is 7.89. The lowest BCUT2D eigenvalue weighted by Gasteiger charge is -1.87. The first kappa shape index (κ1) is 11.2. The number of methoxy groups -OCH3 is 1. The van der Waals surface area contributed by atoms with E-state index in [4.69, 9.17) is 0 Å². The molecule has 2 heteroatoms. The molecule has 0 saturated carbocycles. The molecule has 0 radical (unpaired) electrons. The minimum atomic E-state index is -0.565. The van der Waals surface area contributed by atoms with E-state index in [2.05, 4.69) is 29.7 Å². The highest BCUT2D eigenvalue weighted by molar-refractivity contribution is 5.89. The molecular weight excluding hydrogens is 164 g/mol. The average molecular weight is 176 g/mol. The summed E-state index contributed by atoms with van der Waals surface area (Å²) in [6, 6.07) is 0. The topological polar surface area (TPSA) is 26.3 Å². The molecule has 0 atom stereocenters. The van der Waals surface area contributed by atoms with Crippen LogP contribution in [0.4, 0.5) is 0 Å². The maximum Gasteiger partial charge on any atom is 0.384 e. The average Bonchev–Trinajstić information content (AvgIpc) is 2.10. The van der Waals surface area contributed by atoms with Crippen LogP contribution in [0.5, 0.6) is 0 Å². The molecule has 0 amide bonds. The molecule has 68 valence electrons. The largest absolute Gasteiger partial charge is 0.459 e. The zero-order chi connectivity index (χ0) is 10.3. The SMILES string of the molecule is C=C(C)/C=C\C(=C)C#CC(=O)OC. The number of carbonyl (C=O) groups is 1. The predicted octanol–water partition coefficient (Wildman–Crippen LogP) is 1.85. The van der Waals surface area contributed by atoms with Crippen LogP contribution in [0.3, 0.4) is 0 Å². The highest BCUT2D eigenvalue weighted by Gasteiger charge is 1.88. The molecule has 0 spiro atoms. The normalized spacial score (nSPS) is 8.77. The molecular formula is C11H12O2. The van der Waals surface area contributed by atoms with E-state index in [0.717, 1.165) is 5.57 Å². The van der Waals surface area contributed by atoms with Gasteiger partial charge in [-0.1, -0.05) is 30.7 Å². The Morgan fingerprint density at radius 1 is 1.31 bits per heavy atom. The summed E-state index contributed by atoms with van der Waals surface area (Å²) in [5.41, 5.74) is 1.45. The van der Waals surface area contributed by atoms with Crippen molar-refractivity contribution in [3.8, 4) is 11.8 Å². The second kappa shape index (κ2) is 5.84. The fourth-order valence-electron chi connectivity index (χ4n) is 0.467. The van der Waals surface area contributed by atoms with E-state index in [-0.39, 0.29) is 0 Å². The molecule has 0 saturated heterocycles. The van der Waals surface area contributed by atoms with Crippen LogP contribution in [-0.2, 0) is 9.53 Å². The summed E-state index contributed by atoms with van der Waals surface area (Å²) in [6.07, 6.45) is 3.46. The number of hydrogen-bond donors (Lipinski definition) is 0. The van der Waals surface area contributed by atoms with Gasteiger partial charge in [0.15, 0.2) is 0 Å². The Morgan fingerprint density at radius 2 is 1.92 bits per heavy atom. The van der Waals surface area contributed by atoms with Crippen LogP contribution in [0.15, 0.2) is 36.5 Å². The first-order valence-electron chi connectivity index (χ1n) is 3.68. The van der Waals surface area contributed by atoms with Gasteiger partial charge in [-0.15, -0.1) is 0 Å². The van der Waals surface area contributed by atoms with Crippen LogP contribution in [0.2, 0.25) is 0 Å². The van der Waals surface area contributed by atoms with Crippen molar-refractivity contribution in [1.29, 1.82) is 0 Å². The van der Waals surface area contributed by atoms with Gasteiger partial charge in [0.2, 0.25) is 0 Å². The van der Waals surface area contributed by atoms with Crippen LogP contribution in [0.1, 0.15) is 6.92 Å². The fourth-order valence-corrected chi connectivity index (χ4v) is 0.467. The summed E-state index contributed by atoms with van der Waals surface area (Å²) in [6.45, 7) is 9.15. The van der Waals surface area contributed by atoms with Gasteiger partial charge in [-0.2, -0.15) is 0 Å². The number of carbonyl (C=O) groups excluding carboxylic acids is 1. The molecule has 0 aromatic carbocycles. The van der Waals surface area contributed by atoms with Crippen LogP contribution >= 0.6 is 0 Å². The third-order valence-corrected chi connectivity index (χ3v) is 1.08. The molecule has 0 N–H and O–H groups in total. The molecule has 2 nitrogen and oxygen atoms in total. The minimum absolute atomic E-state index is 0.549. The monoisotopic (exact) mass is 176 g/mol. The number of esters is 1. The van der Waals surface area contributed by atoms with Gasteiger partial charge in [-0.3, -0.25) is 0 Å². The number of allylic oxidation sites excluding steroid dienone is 4. The molecule has 0 aliphatic heterocycles. The van der Waals surface area contributed by atoms with Gasteiger partial charge in [-0.05, 0) is 13.0 Å². The molecule has 0 aromatic rings. The van der Waals surface area contributed by atoms with Gasteiger partial charge in [0.25, 0.3) is 0 Å². The highest BCUT2D eigenvalue weighted by atomic mass is 16.5. The summed E-state index contributed by atoms with van der Waals surface area (Å²) in [5, 5.41) is 0.